The van der Waals surface area contributed by atoms with Crippen molar-refractivity contribution >= 4 is 0 Å². The highest BCUT2D eigenvalue weighted by molar-refractivity contribution is 4.78. The Morgan fingerprint density at radius 1 is 0.882 bits per heavy atom. The van der Waals surface area contributed by atoms with Crippen molar-refractivity contribution in [2.75, 3.05) is 0 Å². The van der Waals surface area contributed by atoms with Gasteiger partial charge in [0.05, 0.1) is 0 Å². The van der Waals surface area contributed by atoms with E-state index < -0.39 is 0 Å². The van der Waals surface area contributed by atoms with Gasteiger partial charge in [-0.1, -0.05) is 79.1 Å². The third kappa shape index (κ3) is 9.61. The van der Waals surface area contributed by atoms with E-state index in [2.05, 4.69) is 33.1 Å². The monoisotopic (exact) mass is 242 g/mol. The number of nitrogens with two attached hydrogens (primary N) is 1. The van der Waals surface area contributed by atoms with Crippen molar-refractivity contribution in [2.45, 2.75) is 91.5 Å². The summed E-state index contributed by atoms with van der Waals surface area (Å²) in [5.41, 5.74) is 3.23. The Balaban J connectivity index is 3.38. The highest BCUT2D eigenvalue weighted by Gasteiger charge is 2.22. The van der Waals surface area contributed by atoms with Gasteiger partial charge in [0.25, 0.3) is 0 Å². The quantitative estimate of drug-likeness (QED) is 0.338. The van der Waals surface area contributed by atoms with Crippen LogP contribution in [0.15, 0.2) is 0 Å². The van der Waals surface area contributed by atoms with Crippen LogP contribution in [0.1, 0.15) is 85.5 Å². The second-order valence-corrected chi connectivity index (χ2v) is 6.35. The number of hydrogen-bond donors (Lipinski definition) is 2. The average molecular weight is 242 g/mol. The van der Waals surface area contributed by atoms with Crippen LogP contribution in [-0.2, 0) is 0 Å². The molecule has 0 heterocycles. The normalized spacial score (nSPS) is 13.9. The topological polar surface area (TPSA) is 38.0 Å². The fraction of sp³-hybridized carbons (Fsp3) is 1.00. The van der Waals surface area contributed by atoms with E-state index in [0.29, 0.717) is 6.04 Å². The van der Waals surface area contributed by atoms with Crippen molar-refractivity contribution in [2.24, 2.45) is 11.3 Å². The molecule has 104 valence electrons. The first-order chi connectivity index (χ1) is 8.02. The van der Waals surface area contributed by atoms with Crippen molar-refractivity contribution in [3.8, 4) is 0 Å². The first kappa shape index (κ1) is 16.9. The Bertz CT molecular complexity index is 161. The van der Waals surface area contributed by atoms with E-state index >= 15 is 0 Å². The molecule has 0 aliphatic rings. The van der Waals surface area contributed by atoms with Crippen LogP contribution < -0.4 is 11.3 Å². The summed E-state index contributed by atoms with van der Waals surface area (Å²) in [6.07, 6.45) is 12.3. The molecule has 0 aliphatic carbocycles. The standard InChI is InChI=1S/C15H34N2/c1-5-6-7-8-9-10-11-12-13-14(17-16)15(2,3)4/h14,17H,5-13,16H2,1-4H3. The van der Waals surface area contributed by atoms with Crippen LogP contribution in [-0.4, -0.2) is 6.04 Å². The zero-order valence-electron chi connectivity index (χ0n) is 12.5. The fourth-order valence-electron chi connectivity index (χ4n) is 2.25. The lowest BCUT2D eigenvalue weighted by molar-refractivity contribution is 0.251. The first-order valence-electron chi connectivity index (χ1n) is 7.48. The maximum atomic E-state index is 5.60. The molecule has 0 saturated carbocycles. The van der Waals surface area contributed by atoms with Gasteiger partial charge >= 0.3 is 0 Å². The van der Waals surface area contributed by atoms with Gasteiger partial charge in [0.2, 0.25) is 0 Å². The van der Waals surface area contributed by atoms with E-state index in [0.717, 1.165) is 0 Å². The van der Waals surface area contributed by atoms with E-state index in [1.54, 1.807) is 0 Å². The summed E-state index contributed by atoms with van der Waals surface area (Å²) in [6, 6.07) is 0.447. The Morgan fingerprint density at radius 3 is 1.76 bits per heavy atom. The predicted molar refractivity (Wildman–Crippen MR) is 77.8 cm³/mol. The van der Waals surface area contributed by atoms with Gasteiger partial charge in [-0.15, -0.1) is 0 Å². The highest BCUT2D eigenvalue weighted by atomic mass is 15.2. The summed E-state index contributed by atoms with van der Waals surface area (Å²) in [6.45, 7) is 9.03. The molecule has 0 aromatic heterocycles. The second kappa shape index (κ2) is 9.90. The van der Waals surface area contributed by atoms with Crippen LogP contribution in [0, 0.1) is 5.41 Å². The predicted octanol–water partition coefficient (Wildman–Crippen LogP) is 4.40. The molecule has 0 radical (unpaired) electrons. The molecule has 17 heavy (non-hydrogen) atoms. The van der Waals surface area contributed by atoms with Gasteiger partial charge in [-0.05, 0) is 11.8 Å². The molecule has 3 N–H and O–H groups in total. The van der Waals surface area contributed by atoms with Gasteiger partial charge in [-0.25, -0.2) is 0 Å². The Kier molecular flexibility index (Phi) is 9.85. The van der Waals surface area contributed by atoms with Gasteiger partial charge < -0.3 is 0 Å². The molecule has 0 fully saturated rings. The molecule has 1 unspecified atom stereocenters. The van der Waals surface area contributed by atoms with Crippen molar-refractivity contribution in [3.05, 3.63) is 0 Å². The third-order valence-corrected chi connectivity index (χ3v) is 3.59. The van der Waals surface area contributed by atoms with Crippen LogP contribution in [0.5, 0.6) is 0 Å². The maximum Gasteiger partial charge on any atom is 0.0259 e. The smallest absolute Gasteiger partial charge is 0.0259 e. The Hall–Kier alpha value is -0.0800. The molecular weight excluding hydrogens is 208 g/mol. The van der Waals surface area contributed by atoms with Gasteiger partial charge in [-0.2, -0.15) is 0 Å². The van der Waals surface area contributed by atoms with Gasteiger partial charge in [0, 0.05) is 6.04 Å². The number of hydrazine groups is 1. The van der Waals surface area contributed by atoms with Crippen LogP contribution in [0.2, 0.25) is 0 Å². The largest absolute Gasteiger partial charge is 0.271 e. The average Bonchev–Trinajstić information content (AvgIpc) is 2.25. The molecule has 0 amide bonds. The number of rotatable bonds is 10. The summed E-state index contributed by atoms with van der Waals surface area (Å²) >= 11 is 0. The molecule has 0 bridgehead atoms. The molecule has 0 spiro atoms. The molecule has 2 heteroatoms. The summed E-state index contributed by atoms with van der Waals surface area (Å²) in [5.74, 6) is 5.60. The number of unbranched alkanes of at least 4 members (excludes halogenated alkanes) is 7. The second-order valence-electron chi connectivity index (χ2n) is 6.35. The van der Waals surface area contributed by atoms with Gasteiger partial charge in [-0.3, -0.25) is 11.3 Å². The lowest BCUT2D eigenvalue weighted by atomic mass is 9.84. The maximum absolute atomic E-state index is 5.60. The van der Waals surface area contributed by atoms with Crippen molar-refractivity contribution in [1.82, 2.24) is 5.43 Å². The molecule has 0 saturated heterocycles. The SMILES string of the molecule is CCCCCCCCCCC(NN)C(C)(C)C. The molecule has 0 aromatic carbocycles. The fourth-order valence-corrected chi connectivity index (χ4v) is 2.25. The molecule has 1 atom stereocenters. The van der Waals surface area contributed by atoms with E-state index in [-0.39, 0.29) is 5.41 Å². The van der Waals surface area contributed by atoms with Crippen LogP contribution in [0.4, 0.5) is 0 Å². The summed E-state index contributed by atoms with van der Waals surface area (Å²) < 4.78 is 0. The van der Waals surface area contributed by atoms with Crippen molar-refractivity contribution < 1.29 is 0 Å². The Labute approximate surface area is 109 Å². The van der Waals surface area contributed by atoms with E-state index in [1.165, 1.54) is 57.8 Å². The summed E-state index contributed by atoms with van der Waals surface area (Å²) in [7, 11) is 0. The first-order valence-corrected chi connectivity index (χ1v) is 7.48. The number of nitrogens with one attached hydrogen (secondary N) is 1. The minimum absolute atomic E-state index is 0.274. The van der Waals surface area contributed by atoms with E-state index in [1.807, 2.05) is 0 Å². The van der Waals surface area contributed by atoms with E-state index in [9.17, 15) is 0 Å². The highest BCUT2D eigenvalue weighted by Crippen LogP contribution is 2.23. The van der Waals surface area contributed by atoms with Gasteiger partial charge in [0.15, 0.2) is 0 Å². The summed E-state index contributed by atoms with van der Waals surface area (Å²) in [4.78, 5) is 0. The lowest BCUT2D eigenvalue weighted by Crippen LogP contribution is -2.44. The third-order valence-electron chi connectivity index (χ3n) is 3.59. The minimum atomic E-state index is 0.274. The number of hydrogen-bond acceptors (Lipinski definition) is 2. The summed E-state index contributed by atoms with van der Waals surface area (Å²) in [5, 5.41) is 0. The van der Waals surface area contributed by atoms with Crippen LogP contribution in [0.3, 0.4) is 0 Å². The molecule has 2 nitrogen and oxygen atoms in total. The van der Waals surface area contributed by atoms with Gasteiger partial charge in [0.1, 0.15) is 0 Å². The lowest BCUT2D eigenvalue weighted by Gasteiger charge is -2.30. The van der Waals surface area contributed by atoms with E-state index in [4.69, 9.17) is 5.84 Å². The van der Waals surface area contributed by atoms with Crippen LogP contribution in [0.25, 0.3) is 0 Å². The van der Waals surface area contributed by atoms with Crippen molar-refractivity contribution in [1.29, 1.82) is 0 Å². The van der Waals surface area contributed by atoms with Crippen LogP contribution >= 0.6 is 0 Å². The van der Waals surface area contributed by atoms with Crippen molar-refractivity contribution in [3.63, 3.8) is 0 Å². The molecular formula is C15H34N2. The zero-order chi connectivity index (χ0) is 13.1. The minimum Gasteiger partial charge on any atom is -0.271 e. The molecule has 0 rings (SSSR count). The molecule has 0 aromatic rings. The Morgan fingerprint density at radius 2 is 1.35 bits per heavy atom. The molecule has 0 aliphatic heterocycles. The zero-order valence-corrected chi connectivity index (χ0v) is 12.5.